The zero-order chi connectivity index (χ0) is 11.4. The maximum Gasteiger partial charge on any atom is 0.161 e. The molecule has 1 aromatic rings. The smallest absolute Gasteiger partial charge is 0.161 e. The Bertz CT molecular complexity index is 342. The quantitative estimate of drug-likeness (QED) is 0.762. The molecule has 0 saturated carbocycles. The Labute approximate surface area is 100 Å². The van der Waals surface area contributed by atoms with Crippen LogP contribution in [0, 0.1) is 13.8 Å². The van der Waals surface area contributed by atoms with E-state index in [1.165, 1.54) is 0 Å². The molecule has 0 amide bonds. The van der Waals surface area contributed by atoms with E-state index in [0.29, 0.717) is 5.15 Å². The van der Waals surface area contributed by atoms with E-state index in [1.807, 2.05) is 27.9 Å². The van der Waals surface area contributed by atoms with Crippen molar-refractivity contribution in [3.05, 3.63) is 16.5 Å². The van der Waals surface area contributed by atoms with E-state index in [4.69, 9.17) is 11.6 Å². The Morgan fingerprint density at radius 1 is 1.20 bits per heavy atom. The fourth-order valence-electron chi connectivity index (χ4n) is 0.972. The number of nitrogens with zero attached hydrogens (tertiary/aromatic N) is 3. The van der Waals surface area contributed by atoms with Crippen LogP contribution in [0.15, 0.2) is 5.03 Å². The van der Waals surface area contributed by atoms with Gasteiger partial charge in [0.1, 0.15) is 5.03 Å². The first kappa shape index (κ1) is 12.7. The molecule has 0 aliphatic rings. The molecule has 0 saturated heterocycles. The molecule has 1 rings (SSSR count). The maximum atomic E-state index is 6.01. The first-order valence-electron chi connectivity index (χ1n) is 4.79. The molecule has 0 N–H and O–H groups in total. The van der Waals surface area contributed by atoms with Crippen molar-refractivity contribution in [3.63, 3.8) is 0 Å². The Hall–Kier alpha value is -0.320. The Morgan fingerprint density at radius 3 is 2.40 bits per heavy atom. The van der Waals surface area contributed by atoms with Crippen LogP contribution in [-0.2, 0) is 0 Å². The lowest BCUT2D eigenvalue weighted by atomic mass is 10.4. The second-order valence-electron chi connectivity index (χ2n) is 3.64. The lowest BCUT2D eigenvalue weighted by Gasteiger charge is -2.09. The molecule has 1 heterocycles. The number of hydrogen-bond acceptors (Lipinski definition) is 4. The van der Waals surface area contributed by atoms with E-state index < -0.39 is 0 Å². The minimum absolute atomic E-state index is 0.516. The van der Waals surface area contributed by atoms with Crippen molar-refractivity contribution in [2.24, 2.45) is 0 Å². The Kier molecular flexibility index (Phi) is 4.83. The van der Waals surface area contributed by atoms with Gasteiger partial charge in [-0.15, -0.1) is 11.8 Å². The standard InChI is InChI=1S/C10H16ClN3S/c1-7-8(2)13-10(9(11)12-7)15-6-5-14(3)4/h5-6H2,1-4H3. The number of aryl methyl sites for hydroxylation is 2. The van der Waals surface area contributed by atoms with E-state index in [9.17, 15) is 0 Å². The molecular weight excluding hydrogens is 230 g/mol. The lowest BCUT2D eigenvalue weighted by molar-refractivity contribution is 0.437. The summed E-state index contributed by atoms with van der Waals surface area (Å²) in [5.41, 5.74) is 1.85. The topological polar surface area (TPSA) is 29.0 Å². The van der Waals surface area contributed by atoms with Gasteiger partial charge in [-0.05, 0) is 27.9 Å². The average Bonchev–Trinajstić information content (AvgIpc) is 2.13. The van der Waals surface area contributed by atoms with Crippen molar-refractivity contribution in [2.75, 3.05) is 26.4 Å². The molecule has 0 bridgehead atoms. The van der Waals surface area contributed by atoms with Gasteiger partial charge in [0, 0.05) is 12.3 Å². The fourth-order valence-corrected chi connectivity index (χ4v) is 2.32. The van der Waals surface area contributed by atoms with Crippen molar-refractivity contribution in [1.29, 1.82) is 0 Å². The summed E-state index contributed by atoms with van der Waals surface area (Å²) < 4.78 is 0. The van der Waals surface area contributed by atoms with E-state index in [2.05, 4.69) is 14.9 Å². The van der Waals surface area contributed by atoms with Gasteiger partial charge < -0.3 is 4.90 Å². The Morgan fingerprint density at radius 2 is 1.80 bits per heavy atom. The van der Waals surface area contributed by atoms with Gasteiger partial charge in [-0.2, -0.15) is 0 Å². The number of halogens is 1. The molecule has 0 radical (unpaired) electrons. The summed E-state index contributed by atoms with van der Waals surface area (Å²) in [7, 11) is 4.10. The third-order valence-corrected chi connectivity index (χ3v) is 3.33. The van der Waals surface area contributed by atoms with Crippen molar-refractivity contribution in [2.45, 2.75) is 18.9 Å². The molecule has 3 nitrogen and oxygen atoms in total. The first-order chi connectivity index (χ1) is 7.00. The summed E-state index contributed by atoms with van der Waals surface area (Å²) in [5, 5.41) is 1.35. The second-order valence-corrected chi connectivity index (χ2v) is 5.08. The van der Waals surface area contributed by atoms with Gasteiger partial charge in [-0.3, -0.25) is 0 Å². The minimum Gasteiger partial charge on any atom is -0.309 e. The summed E-state index contributed by atoms with van der Waals surface area (Å²) in [6.45, 7) is 4.88. The van der Waals surface area contributed by atoms with E-state index in [0.717, 1.165) is 28.7 Å². The van der Waals surface area contributed by atoms with Crippen LogP contribution in [0.3, 0.4) is 0 Å². The molecule has 0 spiro atoms. The minimum atomic E-state index is 0.516. The van der Waals surface area contributed by atoms with Gasteiger partial charge in [-0.25, -0.2) is 9.97 Å². The second kappa shape index (κ2) is 5.68. The molecule has 0 aromatic carbocycles. The molecule has 0 unspecified atom stereocenters. The SMILES string of the molecule is Cc1nc(Cl)c(SCCN(C)C)nc1C. The van der Waals surface area contributed by atoms with Gasteiger partial charge >= 0.3 is 0 Å². The third kappa shape index (κ3) is 3.97. The van der Waals surface area contributed by atoms with Crippen LogP contribution in [0.25, 0.3) is 0 Å². The number of hydrogen-bond donors (Lipinski definition) is 0. The normalized spacial score (nSPS) is 11.1. The van der Waals surface area contributed by atoms with Crippen LogP contribution in [0.2, 0.25) is 5.15 Å². The predicted molar refractivity (Wildman–Crippen MR) is 65.8 cm³/mol. The summed E-state index contributed by atoms with van der Waals surface area (Å²) in [6.07, 6.45) is 0. The largest absolute Gasteiger partial charge is 0.309 e. The van der Waals surface area contributed by atoms with Crippen molar-refractivity contribution < 1.29 is 0 Å². The van der Waals surface area contributed by atoms with Crippen molar-refractivity contribution >= 4 is 23.4 Å². The van der Waals surface area contributed by atoms with Crippen LogP contribution in [0.4, 0.5) is 0 Å². The number of thioether (sulfide) groups is 1. The van der Waals surface area contributed by atoms with E-state index in [1.54, 1.807) is 11.8 Å². The lowest BCUT2D eigenvalue weighted by Crippen LogP contribution is -2.14. The monoisotopic (exact) mass is 245 g/mol. The van der Waals surface area contributed by atoms with Crippen molar-refractivity contribution in [1.82, 2.24) is 14.9 Å². The number of rotatable bonds is 4. The molecule has 0 aliphatic heterocycles. The molecule has 1 aromatic heterocycles. The molecule has 84 valence electrons. The van der Waals surface area contributed by atoms with Gasteiger partial charge in [0.2, 0.25) is 0 Å². The van der Waals surface area contributed by atoms with Crippen LogP contribution in [0.5, 0.6) is 0 Å². The zero-order valence-corrected chi connectivity index (χ0v) is 11.1. The molecule has 15 heavy (non-hydrogen) atoms. The summed E-state index contributed by atoms with van der Waals surface area (Å²) in [5.74, 6) is 0.976. The predicted octanol–water partition coefficient (Wildman–Crippen LogP) is 2.40. The summed E-state index contributed by atoms with van der Waals surface area (Å²) >= 11 is 7.66. The first-order valence-corrected chi connectivity index (χ1v) is 6.15. The van der Waals surface area contributed by atoms with Crippen LogP contribution in [-0.4, -0.2) is 41.3 Å². The fraction of sp³-hybridized carbons (Fsp3) is 0.600. The van der Waals surface area contributed by atoms with Gasteiger partial charge in [0.05, 0.1) is 11.4 Å². The molecule has 5 heteroatoms. The van der Waals surface area contributed by atoms with Gasteiger partial charge in [0.25, 0.3) is 0 Å². The highest BCUT2D eigenvalue weighted by Crippen LogP contribution is 2.24. The van der Waals surface area contributed by atoms with Crippen molar-refractivity contribution in [3.8, 4) is 0 Å². The van der Waals surface area contributed by atoms with Gasteiger partial charge in [-0.1, -0.05) is 11.6 Å². The Balaban J connectivity index is 2.65. The third-order valence-electron chi connectivity index (χ3n) is 2.01. The van der Waals surface area contributed by atoms with Crippen LogP contribution < -0.4 is 0 Å². The average molecular weight is 246 g/mol. The van der Waals surface area contributed by atoms with Crippen LogP contribution in [0.1, 0.15) is 11.4 Å². The molecule has 0 fully saturated rings. The highest BCUT2D eigenvalue weighted by molar-refractivity contribution is 7.99. The molecule has 0 aliphatic carbocycles. The molecule has 0 atom stereocenters. The summed E-state index contributed by atoms with van der Waals surface area (Å²) in [6, 6.07) is 0. The maximum absolute atomic E-state index is 6.01. The highest BCUT2D eigenvalue weighted by atomic mass is 35.5. The highest BCUT2D eigenvalue weighted by Gasteiger charge is 2.07. The summed E-state index contributed by atoms with van der Waals surface area (Å²) in [4.78, 5) is 10.8. The van der Waals surface area contributed by atoms with E-state index in [-0.39, 0.29) is 0 Å². The molecular formula is C10H16ClN3S. The van der Waals surface area contributed by atoms with Gasteiger partial charge in [0.15, 0.2) is 5.15 Å². The van der Waals surface area contributed by atoms with Crippen LogP contribution >= 0.6 is 23.4 Å². The number of aromatic nitrogens is 2. The van der Waals surface area contributed by atoms with E-state index >= 15 is 0 Å². The zero-order valence-electron chi connectivity index (χ0n) is 9.54.